The number of aromatic nitrogens is 1. The molecule has 0 amide bonds. The molecule has 1 aromatic rings. The first kappa shape index (κ1) is 9.01. The van der Waals surface area contributed by atoms with E-state index < -0.39 is 0 Å². The number of nitrogens with zero attached hydrogens (tertiary/aromatic N) is 2. The molecular formula is C11H12N2O. The molecule has 1 aliphatic rings. The molecule has 1 aromatic heterocycles. The van der Waals surface area contributed by atoms with Crippen molar-refractivity contribution in [1.29, 1.82) is 5.26 Å². The first-order valence-electron chi connectivity index (χ1n) is 4.77. The Hall–Kier alpha value is -1.56. The lowest BCUT2D eigenvalue weighted by Crippen LogP contribution is -2.39. The SMILES string of the molecule is CC1(Oc2ccnc(C#N)c2)CCC1. The van der Waals surface area contributed by atoms with Crippen LogP contribution < -0.4 is 4.74 Å². The number of ether oxygens (including phenoxy) is 1. The van der Waals surface area contributed by atoms with Crippen LogP contribution in [0.3, 0.4) is 0 Å². The Bertz CT molecular complexity index is 377. The Morgan fingerprint density at radius 1 is 1.57 bits per heavy atom. The molecular weight excluding hydrogens is 176 g/mol. The second-order valence-electron chi connectivity index (χ2n) is 3.89. The van der Waals surface area contributed by atoms with Crippen LogP contribution in [0, 0.1) is 11.3 Å². The molecule has 0 bridgehead atoms. The van der Waals surface area contributed by atoms with Crippen LogP contribution in [0.25, 0.3) is 0 Å². The van der Waals surface area contributed by atoms with Crippen molar-refractivity contribution in [2.24, 2.45) is 0 Å². The minimum atomic E-state index is -0.0198. The minimum Gasteiger partial charge on any atom is -0.487 e. The normalized spacial score (nSPS) is 18.0. The largest absolute Gasteiger partial charge is 0.487 e. The van der Waals surface area contributed by atoms with Crippen LogP contribution in [0.5, 0.6) is 5.75 Å². The zero-order chi connectivity index (χ0) is 10.0. The van der Waals surface area contributed by atoms with E-state index in [1.165, 1.54) is 6.42 Å². The predicted molar refractivity (Wildman–Crippen MR) is 51.8 cm³/mol. The Morgan fingerprint density at radius 3 is 2.93 bits per heavy atom. The summed E-state index contributed by atoms with van der Waals surface area (Å²) in [6.07, 6.45) is 5.02. The number of pyridine rings is 1. The lowest BCUT2D eigenvalue weighted by Gasteiger charge is -2.38. The van der Waals surface area contributed by atoms with Gasteiger partial charge in [-0.05, 0) is 32.3 Å². The van der Waals surface area contributed by atoms with Gasteiger partial charge in [0.1, 0.15) is 23.1 Å². The van der Waals surface area contributed by atoms with Gasteiger partial charge in [0, 0.05) is 12.3 Å². The second kappa shape index (κ2) is 3.30. The van der Waals surface area contributed by atoms with Gasteiger partial charge in [0.25, 0.3) is 0 Å². The molecule has 1 heterocycles. The van der Waals surface area contributed by atoms with Crippen molar-refractivity contribution >= 4 is 0 Å². The summed E-state index contributed by atoms with van der Waals surface area (Å²) >= 11 is 0. The van der Waals surface area contributed by atoms with Crippen LogP contribution in [0.15, 0.2) is 18.3 Å². The van der Waals surface area contributed by atoms with Gasteiger partial charge < -0.3 is 4.74 Å². The zero-order valence-electron chi connectivity index (χ0n) is 8.16. The topological polar surface area (TPSA) is 45.9 Å². The highest BCUT2D eigenvalue weighted by molar-refractivity contribution is 5.30. The molecule has 0 spiro atoms. The second-order valence-corrected chi connectivity index (χ2v) is 3.89. The van der Waals surface area contributed by atoms with Gasteiger partial charge in [-0.25, -0.2) is 4.98 Å². The summed E-state index contributed by atoms with van der Waals surface area (Å²) in [7, 11) is 0. The summed E-state index contributed by atoms with van der Waals surface area (Å²) in [5.41, 5.74) is 0.388. The van der Waals surface area contributed by atoms with Gasteiger partial charge >= 0.3 is 0 Å². The number of rotatable bonds is 2. The predicted octanol–water partition coefficient (Wildman–Crippen LogP) is 2.27. The van der Waals surface area contributed by atoms with Gasteiger partial charge in [-0.15, -0.1) is 0 Å². The van der Waals surface area contributed by atoms with Gasteiger partial charge in [0.05, 0.1) is 0 Å². The molecule has 0 radical (unpaired) electrons. The Kier molecular flexibility index (Phi) is 2.12. The van der Waals surface area contributed by atoms with E-state index >= 15 is 0 Å². The van der Waals surface area contributed by atoms with E-state index in [0.29, 0.717) is 5.69 Å². The van der Waals surface area contributed by atoms with E-state index in [-0.39, 0.29) is 5.60 Å². The average molecular weight is 188 g/mol. The van der Waals surface area contributed by atoms with E-state index in [0.717, 1.165) is 18.6 Å². The molecule has 1 aliphatic carbocycles. The standard InChI is InChI=1S/C11H12N2O/c1-11(4-2-5-11)14-10-3-6-13-9(7-10)8-12/h3,6-7H,2,4-5H2,1H3. The molecule has 72 valence electrons. The summed E-state index contributed by atoms with van der Waals surface area (Å²) in [5, 5.41) is 8.66. The van der Waals surface area contributed by atoms with Crippen molar-refractivity contribution in [2.45, 2.75) is 31.8 Å². The molecule has 0 unspecified atom stereocenters. The van der Waals surface area contributed by atoms with Gasteiger partial charge in [-0.3, -0.25) is 0 Å². The third kappa shape index (κ3) is 1.69. The lowest BCUT2D eigenvalue weighted by atomic mass is 9.82. The van der Waals surface area contributed by atoms with Crippen molar-refractivity contribution in [1.82, 2.24) is 4.98 Å². The molecule has 2 rings (SSSR count). The fourth-order valence-electron chi connectivity index (χ4n) is 1.60. The van der Waals surface area contributed by atoms with Crippen molar-refractivity contribution in [2.75, 3.05) is 0 Å². The highest BCUT2D eigenvalue weighted by atomic mass is 16.5. The summed E-state index contributed by atoms with van der Waals surface area (Å²) in [6, 6.07) is 5.48. The fourth-order valence-corrected chi connectivity index (χ4v) is 1.60. The number of hydrogen-bond donors (Lipinski definition) is 0. The van der Waals surface area contributed by atoms with Crippen molar-refractivity contribution in [3.05, 3.63) is 24.0 Å². The van der Waals surface area contributed by atoms with Crippen molar-refractivity contribution in [3.8, 4) is 11.8 Å². The molecule has 14 heavy (non-hydrogen) atoms. The average Bonchev–Trinajstić information content (AvgIpc) is 2.16. The lowest BCUT2D eigenvalue weighted by molar-refractivity contribution is 0.0112. The van der Waals surface area contributed by atoms with Crippen molar-refractivity contribution in [3.63, 3.8) is 0 Å². The van der Waals surface area contributed by atoms with E-state index in [1.807, 2.05) is 6.07 Å². The molecule has 3 nitrogen and oxygen atoms in total. The molecule has 1 saturated carbocycles. The van der Waals surface area contributed by atoms with Gasteiger partial charge in [0.15, 0.2) is 0 Å². The van der Waals surface area contributed by atoms with Crippen LogP contribution >= 0.6 is 0 Å². The molecule has 0 aromatic carbocycles. The van der Waals surface area contributed by atoms with Crippen LogP contribution in [0.4, 0.5) is 0 Å². The fraction of sp³-hybridized carbons (Fsp3) is 0.455. The van der Waals surface area contributed by atoms with Gasteiger partial charge in [-0.2, -0.15) is 5.26 Å². The van der Waals surface area contributed by atoms with Crippen LogP contribution in [0.2, 0.25) is 0 Å². The third-order valence-corrected chi connectivity index (χ3v) is 2.62. The van der Waals surface area contributed by atoms with Crippen LogP contribution in [-0.4, -0.2) is 10.6 Å². The smallest absolute Gasteiger partial charge is 0.144 e. The maximum Gasteiger partial charge on any atom is 0.144 e. The Labute approximate surface area is 83.3 Å². The minimum absolute atomic E-state index is 0.0198. The van der Waals surface area contributed by atoms with E-state index in [2.05, 4.69) is 11.9 Å². The van der Waals surface area contributed by atoms with Crippen molar-refractivity contribution < 1.29 is 4.74 Å². The summed E-state index contributed by atoms with van der Waals surface area (Å²) < 4.78 is 5.79. The molecule has 3 heteroatoms. The Balaban J connectivity index is 2.13. The molecule has 0 N–H and O–H groups in total. The van der Waals surface area contributed by atoms with Crippen LogP contribution in [0.1, 0.15) is 31.9 Å². The number of nitriles is 1. The van der Waals surface area contributed by atoms with E-state index in [4.69, 9.17) is 10.00 Å². The van der Waals surface area contributed by atoms with Crippen LogP contribution in [-0.2, 0) is 0 Å². The number of hydrogen-bond acceptors (Lipinski definition) is 3. The zero-order valence-corrected chi connectivity index (χ0v) is 8.16. The molecule has 0 saturated heterocycles. The summed E-state index contributed by atoms with van der Waals surface area (Å²) in [5.74, 6) is 0.749. The van der Waals surface area contributed by atoms with Gasteiger partial charge in [0.2, 0.25) is 0 Å². The summed E-state index contributed by atoms with van der Waals surface area (Å²) in [4.78, 5) is 3.89. The summed E-state index contributed by atoms with van der Waals surface area (Å²) in [6.45, 7) is 2.10. The first-order chi connectivity index (χ1) is 6.72. The van der Waals surface area contributed by atoms with E-state index in [9.17, 15) is 0 Å². The monoisotopic (exact) mass is 188 g/mol. The molecule has 1 fully saturated rings. The quantitative estimate of drug-likeness (QED) is 0.715. The maximum absolute atomic E-state index is 8.66. The maximum atomic E-state index is 8.66. The van der Waals surface area contributed by atoms with Gasteiger partial charge in [-0.1, -0.05) is 0 Å². The highest BCUT2D eigenvalue weighted by Crippen LogP contribution is 2.35. The molecule has 0 atom stereocenters. The van der Waals surface area contributed by atoms with E-state index in [1.54, 1.807) is 18.3 Å². The highest BCUT2D eigenvalue weighted by Gasteiger charge is 2.33. The molecule has 0 aliphatic heterocycles. The first-order valence-corrected chi connectivity index (χ1v) is 4.77. The third-order valence-electron chi connectivity index (χ3n) is 2.62. The Morgan fingerprint density at radius 2 is 2.36 bits per heavy atom.